The van der Waals surface area contributed by atoms with E-state index in [1.165, 1.54) is 16.7 Å². The average Bonchev–Trinajstić information content (AvgIpc) is 2.69. The van der Waals surface area contributed by atoms with E-state index in [2.05, 4.69) is 9.97 Å². The average molecular weight is 263 g/mol. The highest BCUT2D eigenvalue weighted by atomic mass is 32.1. The van der Waals surface area contributed by atoms with Crippen LogP contribution >= 0.6 is 12.2 Å². The number of hydrogen-bond acceptors (Lipinski definition) is 2. The molecule has 6 heteroatoms. The molecule has 2 aromatic heterocycles. The summed E-state index contributed by atoms with van der Waals surface area (Å²) in [5, 5.41) is 0. The lowest BCUT2D eigenvalue weighted by Gasteiger charge is -2.06. The zero-order valence-electron chi connectivity index (χ0n) is 9.02. The Morgan fingerprint density at radius 3 is 2.89 bits per heavy atom. The van der Waals surface area contributed by atoms with Gasteiger partial charge in [0.25, 0.3) is 0 Å². The molecule has 0 bridgehead atoms. The van der Waals surface area contributed by atoms with E-state index in [-0.39, 0.29) is 5.69 Å². The van der Waals surface area contributed by atoms with E-state index in [9.17, 15) is 8.78 Å². The lowest BCUT2D eigenvalue weighted by Crippen LogP contribution is -1.99. The number of nitrogens with zero attached hydrogens (tertiary/aromatic N) is 2. The Labute approximate surface area is 106 Å². The van der Waals surface area contributed by atoms with Crippen molar-refractivity contribution in [2.45, 2.75) is 0 Å². The van der Waals surface area contributed by atoms with Crippen LogP contribution in [0.1, 0.15) is 0 Å². The minimum atomic E-state index is -0.925. The molecule has 1 N–H and O–H groups in total. The summed E-state index contributed by atoms with van der Waals surface area (Å²) in [6.07, 6.45) is 3.15. The van der Waals surface area contributed by atoms with E-state index in [1.807, 2.05) is 0 Å². The number of aromatic amines is 1. The van der Waals surface area contributed by atoms with Gasteiger partial charge in [-0.3, -0.25) is 9.55 Å². The molecule has 0 unspecified atom stereocenters. The lowest BCUT2D eigenvalue weighted by atomic mass is 10.3. The Kier molecular flexibility index (Phi) is 2.45. The van der Waals surface area contributed by atoms with E-state index in [0.717, 1.165) is 6.07 Å². The standard InChI is InChI=1S/C12H7F2N3S/c13-7-2-1-3-10(11(7)14)17-9-4-5-15-6-8(9)16-12(17)18/h1-6H,(H,16,18). The molecule has 1 aromatic carbocycles. The zero-order valence-corrected chi connectivity index (χ0v) is 9.84. The van der Waals surface area contributed by atoms with Crippen LogP contribution in [-0.2, 0) is 0 Å². The number of benzene rings is 1. The molecule has 0 aliphatic heterocycles. The minimum absolute atomic E-state index is 0.0810. The minimum Gasteiger partial charge on any atom is -0.329 e. The van der Waals surface area contributed by atoms with Gasteiger partial charge in [0.1, 0.15) is 0 Å². The SMILES string of the molecule is Fc1cccc(-n2c(=S)[nH]c3cnccc32)c1F. The van der Waals surface area contributed by atoms with Gasteiger partial charge in [0.15, 0.2) is 16.4 Å². The smallest absolute Gasteiger partial charge is 0.182 e. The third-order valence-corrected chi connectivity index (χ3v) is 2.94. The molecule has 18 heavy (non-hydrogen) atoms. The van der Waals surface area contributed by atoms with Gasteiger partial charge in [-0.15, -0.1) is 0 Å². The number of halogens is 2. The number of pyridine rings is 1. The Bertz CT molecular complexity index is 791. The maximum absolute atomic E-state index is 13.8. The number of rotatable bonds is 1. The Balaban J connectivity index is 2.42. The summed E-state index contributed by atoms with van der Waals surface area (Å²) in [5.41, 5.74) is 1.41. The topological polar surface area (TPSA) is 33.6 Å². The summed E-state index contributed by atoms with van der Waals surface area (Å²) < 4.78 is 28.8. The molecule has 2 heterocycles. The Morgan fingerprint density at radius 1 is 1.22 bits per heavy atom. The Morgan fingerprint density at radius 2 is 2.06 bits per heavy atom. The molecule has 0 aliphatic carbocycles. The zero-order chi connectivity index (χ0) is 12.7. The molecular weight excluding hydrogens is 256 g/mol. The first-order chi connectivity index (χ1) is 8.68. The van der Waals surface area contributed by atoms with Crippen molar-refractivity contribution in [1.82, 2.24) is 14.5 Å². The van der Waals surface area contributed by atoms with Crippen molar-refractivity contribution in [2.24, 2.45) is 0 Å². The quantitative estimate of drug-likeness (QED) is 0.683. The largest absolute Gasteiger partial charge is 0.329 e. The third-order valence-electron chi connectivity index (χ3n) is 2.66. The monoisotopic (exact) mass is 263 g/mol. The van der Waals surface area contributed by atoms with Crippen LogP contribution in [0.2, 0.25) is 0 Å². The van der Waals surface area contributed by atoms with Crippen LogP contribution in [0.15, 0.2) is 36.7 Å². The second-order valence-corrected chi connectivity index (χ2v) is 4.12. The number of hydrogen-bond donors (Lipinski definition) is 1. The van der Waals surface area contributed by atoms with Crippen molar-refractivity contribution in [2.75, 3.05) is 0 Å². The van der Waals surface area contributed by atoms with Gasteiger partial charge >= 0.3 is 0 Å². The normalized spacial score (nSPS) is 11.0. The lowest BCUT2D eigenvalue weighted by molar-refractivity contribution is 0.504. The van der Waals surface area contributed by atoms with Crippen molar-refractivity contribution in [1.29, 1.82) is 0 Å². The fourth-order valence-electron chi connectivity index (χ4n) is 1.86. The predicted molar refractivity (Wildman–Crippen MR) is 66.2 cm³/mol. The highest BCUT2D eigenvalue weighted by molar-refractivity contribution is 7.71. The van der Waals surface area contributed by atoms with Crippen LogP contribution in [0.4, 0.5) is 8.78 Å². The molecule has 0 fully saturated rings. The number of imidazole rings is 1. The summed E-state index contributed by atoms with van der Waals surface area (Å²) in [5.74, 6) is -1.83. The van der Waals surface area contributed by atoms with E-state index in [4.69, 9.17) is 12.2 Å². The van der Waals surface area contributed by atoms with Crippen LogP contribution in [0.5, 0.6) is 0 Å². The molecule has 3 nitrogen and oxygen atoms in total. The summed E-state index contributed by atoms with van der Waals surface area (Å²) in [4.78, 5) is 6.84. The van der Waals surface area contributed by atoms with Crippen LogP contribution in [0.3, 0.4) is 0 Å². The number of H-pyrrole nitrogens is 1. The number of nitrogens with one attached hydrogen (secondary N) is 1. The van der Waals surface area contributed by atoms with E-state index in [0.29, 0.717) is 15.8 Å². The number of aromatic nitrogens is 3. The second kappa shape index (κ2) is 3.99. The third kappa shape index (κ3) is 1.53. The van der Waals surface area contributed by atoms with Crippen molar-refractivity contribution >= 4 is 23.3 Å². The molecule has 0 spiro atoms. The van der Waals surface area contributed by atoms with Gasteiger partial charge in [-0.05, 0) is 30.4 Å². The molecule has 3 aromatic rings. The second-order valence-electron chi connectivity index (χ2n) is 3.73. The molecule has 0 amide bonds. The van der Waals surface area contributed by atoms with Gasteiger partial charge in [-0.1, -0.05) is 6.07 Å². The van der Waals surface area contributed by atoms with Crippen molar-refractivity contribution in [3.8, 4) is 5.69 Å². The van der Waals surface area contributed by atoms with Crippen LogP contribution in [0, 0.1) is 16.4 Å². The van der Waals surface area contributed by atoms with Gasteiger partial charge in [0, 0.05) is 6.20 Å². The molecule has 0 aliphatic rings. The molecule has 0 radical (unpaired) electrons. The van der Waals surface area contributed by atoms with Crippen LogP contribution < -0.4 is 0 Å². The fraction of sp³-hybridized carbons (Fsp3) is 0. The van der Waals surface area contributed by atoms with Gasteiger partial charge in [-0.25, -0.2) is 8.78 Å². The molecule has 0 atom stereocenters. The van der Waals surface area contributed by atoms with E-state index in [1.54, 1.807) is 18.5 Å². The highest BCUT2D eigenvalue weighted by Gasteiger charge is 2.13. The highest BCUT2D eigenvalue weighted by Crippen LogP contribution is 2.22. The molecule has 3 rings (SSSR count). The summed E-state index contributed by atoms with van der Waals surface area (Å²) in [6.45, 7) is 0. The maximum atomic E-state index is 13.8. The van der Waals surface area contributed by atoms with Crippen LogP contribution in [0.25, 0.3) is 16.7 Å². The van der Waals surface area contributed by atoms with Gasteiger partial charge in [-0.2, -0.15) is 0 Å². The summed E-state index contributed by atoms with van der Waals surface area (Å²) in [7, 11) is 0. The van der Waals surface area contributed by atoms with E-state index < -0.39 is 11.6 Å². The van der Waals surface area contributed by atoms with Crippen molar-refractivity contribution in [3.63, 3.8) is 0 Å². The maximum Gasteiger partial charge on any atom is 0.182 e. The van der Waals surface area contributed by atoms with Crippen molar-refractivity contribution < 1.29 is 8.78 Å². The molecule has 0 saturated heterocycles. The molecule has 90 valence electrons. The predicted octanol–water partition coefficient (Wildman–Crippen LogP) is 3.36. The summed E-state index contributed by atoms with van der Waals surface area (Å²) >= 11 is 5.13. The first-order valence-electron chi connectivity index (χ1n) is 5.17. The van der Waals surface area contributed by atoms with Gasteiger partial charge in [0.2, 0.25) is 0 Å². The van der Waals surface area contributed by atoms with Crippen LogP contribution in [-0.4, -0.2) is 14.5 Å². The van der Waals surface area contributed by atoms with Gasteiger partial charge < -0.3 is 4.98 Å². The molecular formula is C12H7F2N3S. The van der Waals surface area contributed by atoms with Gasteiger partial charge in [0.05, 0.1) is 22.9 Å². The first-order valence-corrected chi connectivity index (χ1v) is 5.58. The first kappa shape index (κ1) is 11.0. The fourth-order valence-corrected chi connectivity index (χ4v) is 2.17. The Hall–Kier alpha value is -2.08. The van der Waals surface area contributed by atoms with Crippen molar-refractivity contribution in [3.05, 3.63) is 53.1 Å². The number of fused-ring (bicyclic) bond motifs is 1. The summed E-state index contributed by atoms with van der Waals surface area (Å²) in [6, 6.07) is 5.67. The van der Waals surface area contributed by atoms with E-state index >= 15 is 0 Å². The molecule has 0 saturated carbocycles.